The third kappa shape index (κ3) is 2.18. The fourth-order valence-corrected chi connectivity index (χ4v) is 2.04. The lowest BCUT2D eigenvalue weighted by Gasteiger charge is -2.21. The SMILES string of the molecule is CC(C)Nc1ccccc1N1CCCC1=O. The van der Waals surface area contributed by atoms with Gasteiger partial charge < -0.3 is 10.2 Å². The number of rotatable bonds is 3. The lowest BCUT2D eigenvalue weighted by atomic mass is 10.2. The largest absolute Gasteiger partial charge is 0.381 e. The Hall–Kier alpha value is -1.51. The molecule has 86 valence electrons. The molecule has 1 fully saturated rings. The Morgan fingerprint density at radius 3 is 2.69 bits per heavy atom. The third-order valence-electron chi connectivity index (χ3n) is 2.71. The molecular weight excluding hydrogens is 200 g/mol. The molecule has 0 saturated carbocycles. The molecule has 16 heavy (non-hydrogen) atoms. The van der Waals surface area contributed by atoms with Crippen LogP contribution in [0.4, 0.5) is 11.4 Å². The highest BCUT2D eigenvalue weighted by Gasteiger charge is 2.23. The van der Waals surface area contributed by atoms with Crippen molar-refractivity contribution in [1.82, 2.24) is 0 Å². The molecule has 0 atom stereocenters. The van der Waals surface area contributed by atoms with E-state index in [0.29, 0.717) is 12.5 Å². The summed E-state index contributed by atoms with van der Waals surface area (Å²) >= 11 is 0. The van der Waals surface area contributed by atoms with Gasteiger partial charge in [0.05, 0.1) is 11.4 Å². The van der Waals surface area contributed by atoms with E-state index < -0.39 is 0 Å². The fourth-order valence-electron chi connectivity index (χ4n) is 2.04. The standard InChI is InChI=1S/C13H18N2O/c1-10(2)14-11-6-3-4-7-12(11)15-9-5-8-13(15)16/h3-4,6-7,10,14H,5,8-9H2,1-2H3. The molecule has 1 heterocycles. The van der Waals surface area contributed by atoms with Crippen LogP contribution >= 0.6 is 0 Å². The Bertz CT molecular complexity index is 387. The van der Waals surface area contributed by atoms with Crippen molar-refractivity contribution in [2.45, 2.75) is 32.7 Å². The average molecular weight is 218 g/mol. The first-order chi connectivity index (χ1) is 7.68. The van der Waals surface area contributed by atoms with E-state index in [1.165, 1.54) is 0 Å². The molecule has 0 aromatic heterocycles. The molecule has 1 aromatic rings. The molecule has 0 radical (unpaired) electrons. The third-order valence-corrected chi connectivity index (χ3v) is 2.71. The van der Waals surface area contributed by atoms with E-state index in [-0.39, 0.29) is 5.91 Å². The molecule has 3 heteroatoms. The monoisotopic (exact) mass is 218 g/mol. The topological polar surface area (TPSA) is 32.3 Å². The van der Waals surface area contributed by atoms with E-state index in [2.05, 4.69) is 19.2 Å². The van der Waals surface area contributed by atoms with Gasteiger partial charge in [-0.05, 0) is 32.4 Å². The summed E-state index contributed by atoms with van der Waals surface area (Å²) < 4.78 is 0. The number of carbonyl (C=O) groups is 1. The van der Waals surface area contributed by atoms with Crippen LogP contribution < -0.4 is 10.2 Å². The second-order valence-electron chi connectivity index (χ2n) is 4.47. The summed E-state index contributed by atoms with van der Waals surface area (Å²) in [5.41, 5.74) is 2.06. The molecule has 1 saturated heterocycles. The van der Waals surface area contributed by atoms with Crippen LogP contribution in [-0.4, -0.2) is 18.5 Å². The van der Waals surface area contributed by atoms with Gasteiger partial charge in [0, 0.05) is 19.0 Å². The fraction of sp³-hybridized carbons (Fsp3) is 0.462. The highest BCUT2D eigenvalue weighted by atomic mass is 16.2. The van der Waals surface area contributed by atoms with Gasteiger partial charge in [0.1, 0.15) is 0 Å². The summed E-state index contributed by atoms with van der Waals surface area (Å²) in [4.78, 5) is 13.6. The van der Waals surface area contributed by atoms with Crippen molar-refractivity contribution in [3.05, 3.63) is 24.3 Å². The van der Waals surface area contributed by atoms with Gasteiger partial charge in [0.2, 0.25) is 5.91 Å². The van der Waals surface area contributed by atoms with Crippen LogP contribution in [0.3, 0.4) is 0 Å². The van der Waals surface area contributed by atoms with Gasteiger partial charge in [0.15, 0.2) is 0 Å². The Morgan fingerprint density at radius 1 is 1.31 bits per heavy atom. The number of hydrogen-bond acceptors (Lipinski definition) is 2. The van der Waals surface area contributed by atoms with Gasteiger partial charge in [-0.1, -0.05) is 12.1 Å². The van der Waals surface area contributed by atoms with E-state index in [4.69, 9.17) is 0 Å². The van der Waals surface area contributed by atoms with Crippen molar-refractivity contribution in [2.75, 3.05) is 16.8 Å². The molecular formula is C13H18N2O. The van der Waals surface area contributed by atoms with Crippen molar-refractivity contribution in [3.63, 3.8) is 0 Å². The van der Waals surface area contributed by atoms with Gasteiger partial charge >= 0.3 is 0 Å². The summed E-state index contributed by atoms with van der Waals surface area (Å²) in [6, 6.07) is 8.38. The van der Waals surface area contributed by atoms with Crippen LogP contribution in [0.15, 0.2) is 24.3 Å². The van der Waals surface area contributed by atoms with Gasteiger partial charge in [-0.25, -0.2) is 0 Å². The molecule has 1 aliphatic rings. The second kappa shape index (κ2) is 4.56. The summed E-state index contributed by atoms with van der Waals surface area (Å²) in [5, 5.41) is 3.38. The molecule has 2 rings (SSSR count). The molecule has 1 N–H and O–H groups in total. The molecule has 0 bridgehead atoms. The zero-order chi connectivity index (χ0) is 11.5. The van der Waals surface area contributed by atoms with E-state index >= 15 is 0 Å². The van der Waals surface area contributed by atoms with Crippen molar-refractivity contribution < 1.29 is 4.79 Å². The summed E-state index contributed by atoms with van der Waals surface area (Å²) in [7, 11) is 0. The van der Waals surface area contributed by atoms with Crippen LogP contribution in [0.25, 0.3) is 0 Å². The Labute approximate surface area is 96.5 Å². The molecule has 1 amide bonds. The first-order valence-electron chi connectivity index (χ1n) is 5.84. The quantitative estimate of drug-likeness (QED) is 0.845. The summed E-state index contributed by atoms with van der Waals surface area (Å²) in [5.74, 6) is 0.234. The predicted molar refractivity (Wildman–Crippen MR) is 66.8 cm³/mol. The Morgan fingerprint density at radius 2 is 2.06 bits per heavy atom. The molecule has 0 unspecified atom stereocenters. The van der Waals surface area contributed by atoms with Crippen molar-refractivity contribution in [1.29, 1.82) is 0 Å². The van der Waals surface area contributed by atoms with Gasteiger partial charge in [0.25, 0.3) is 0 Å². The van der Waals surface area contributed by atoms with Crippen LogP contribution in [0, 0.1) is 0 Å². The number of nitrogens with one attached hydrogen (secondary N) is 1. The zero-order valence-corrected chi connectivity index (χ0v) is 9.86. The molecule has 0 aliphatic carbocycles. The van der Waals surface area contributed by atoms with E-state index in [1.807, 2.05) is 29.2 Å². The number of carbonyl (C=O) groups excluding carboxylic acids is 1. The first-order valence-corrected chi connectivity index (χ1v) is 5.84. The number of hydrogen-bond donors (Lipinski definition) is 1. The van der Waals surface area contributed by atoms with Crippen LogP contribution in [0.5, 0.6) is 0 Å². The smallest absolute Gasteiger partial charge is 0.227 e. The summed E-state index contributed by atoms with van der Waals surface area (Å²) in [6.07, 6.45) is 1.64. The van der Waals surface area contributed by atoms with Crippen LogP contribution in [-0.2, 0) is 4.79 Å². The van der Waals surface area contributed by atoms with E-state index in [0.717, 1.165) is 24.3 Å². The normalized spacial score (nSPS) is 15.9. The lowest BCUT2D eigenvalue weighted by Crippen LogP contribution is -2.25. The number of para-hydroxylation sites is 2. The lowest BCUT2D eigenvalue weighted by molar-refractivity contribution is -0.117. The van der Waals surface area contributed by atoms with Crippen molar-refractivity contribution in [3.8, 4) is 0 Å². The molecule has 0 spiro atoms. The van der Waals surface area contributed by atoms with Crippen molar-refractivity contribution in [2.24, 2.45) is 0 Å². The van der Waals surface area contributed by atoms with Gasteiger partial charge in [-0.15, -0.1) is 0 Å². The highest BCUT2D eigenvalue weighted by Crippen LogP contribution is 2.29. The van der Waals surface area contributed by atoms with E-state index in [1.54, 1.807) is 0 Å². The highest BCUT2D eigenvalue weighted by molar-refractivity contribution is 5.98. The maximum absolute atomic E-state index is 11.7. The van der Waals surface area contributed by atoms with Gasteiger partial charge in [-0.2, -0.15) is 0 Å². The number of benzene rings is 1. The average Bonchev–Trinajstić information content (AvgIpc) is 2.64. The van der Waals surface area contributed by atoms with Crippen LogP contribution in [0.2, 0.25) is 0 Å². The second-order valence-corrected chi connectivity index (χ2v) is 4.47. The molecule has 1 aromatic carbocycles. The minimum atomic E-state index is 0.234. The Balaban J connectivity index is 2.28. The summed E-state index contributed by atoms with van der Waals surface area (Å²) in [6.45, 7) is 5.04. The molecule has 3 nitrogen and oxygen atoms in total. The van der Waals surface area contributed by atoms with Crippen molar-refractivity contribution >= 4 is 17.3 Å². The number of nitrogens with zero attached hydrogens (tertiary/aromatic N) is 1. The van der Waals surface area contributed by atoms with Gasteiger partial charge in [-0.3, -0.25) is 4.79 Å². The maximum Gasteiger partial charge on any atom is 0.227 e. The molecule has 1 aliphatic heterocycles. The number of amides is 1. The Kier molecular flexibility index (Phi) is 3.13. The number of anilines is 2. The predicted octanol–water partition coefficient (Wildman–Crippen LogP) is 2.63. The zero-order valence-electron chi connectivity index (χ0n) is 9.86. The minimum absolute atomic E-state index is 0.234. The first kappa shape index (κ1) is 11.0. The van der Waals surface area contributed by atoms with Crippen LogP contribution in [0.1, 0.15) is 26.7 Å². The maximum atomic E-state index is 11.7. The minimum Gasteiger partial charge on any atom is -0.381 e. The van der Waals surface area contributed by atoms with E-state index in [9.17, 15) is 4.79 Å².